The van der Waals surface area contributed by atoms with E-state index < -0.39 is 0 Å². The molecule has 61 heavy (non-hydrogen) atoms. The number of hydrogen-bond acceptors (Lipinski definition) is 7. The molecule has 0 radical (unpaired) electrons. The molecule has 4 heterocycles. The van der Waals surface area contributed by atoms with Crippen molar-refractivity contribution in [3.63, 3.8) is 0 Å². The Morgan fingerprint density at radius 3 is 2.18 bits per heavy atom. The van der Waals surface area contributed by atoms with Gasteiger partial charge >= 0.3 is 304 Å². The van der Waals surface area contributed by atoms with E-state index in [0.29, 0.717) is 17.5 Å². The summed E-state index contributed by atoms with van der Waals surface area (Å²) in [5.41, 5.74) is 12.2. The monoisotopic (exact) mass is 832 g/mol. The molecular weight excluding hydrogens is 782 g/mol. The molecule has 6 nitrogen and oxygen atoms in total. The summed E-state index contributed by atoms with van der Waals surface area (Å²) in [6.07, 6.45) is 24.5. The number of nitrogens with zero attached hydrogens (tertiary/aromatic N) is 6. The number of aromatic nitrogens is 6. The third kappa shape index (κ3) is 10.1. The Kier molecular flexibility index (Phi) is 15.1. The molecule has 6 rings (SSSR count). The van der Waals surface area contributed by atoms with E-state index in [4.69, 9.17) is 24.9 Å². The van der Waals surface area contributed by atoms with Gasteiger partial charge in [-0.1, -0.05) is 61.2 Å². The van der Waals surface area contributed by atoms with Crippen molar-refractivity contribution in [1.29, 1.82) is 0 Å². The van der Waals surface area contributed by atoms with Gasteiger partial charge in [0.05, 0.1) is 0 Å². The first-order valence-electron chi connectivity index (χ1n) is 20.3. The van der Waals surface area contributed by atoms with Gasteiger partial charge in [-0.2, -0.15) is 0 Å². The van der Waals surface area contributed by atoms with E-state index in [-0.39, 0.29) is 0 Å². The Morgan fingerprint density at radius 2 is 1.51 bits per heavy atom. The second-order valence-electron chi connectivity index (χ2n) is 14.1. The molecule has 2 aromatic carbocycles. The van der Waals surface area contributed by atoms with Gasteiger partial charge in [-0.05, 0) is 6.92 Å². The van der Waals surface area contributed by atoms with Crippen LogP contribution in [0.1, 0.15) is 78.5 Å². The molecule has 302 valence electrons. The Hall–Kier alpha value is -6.22. The molecule has 0 atom stereocenters. The molecule has 6 aromatic rings. The van der Waals surface area contributed by atoms with Gasteiger partial charge in [-0.25, -0.2) is 0 Å². The fourth-order valence-electron chi connectivity index (χ4n) is 6.81. The maximum atomic E-state index is 5.21. The van der Waals surface area contributed by atoms with Gasteiger partial charge in [0.2, 0.25) is 0 Å². The Bertz CT molecular complexity index is 2870. The standard InChI is InChI=1S/C51H50B2N6S2/c1-11-19-36(20-12-2)47-56-48(37-23-17-16-18-24-37)58-49(57-47)38-25-26-46-43(31-38)54-50(60-46)39(27-28-52-9)29-33(6)34(7)30-41-40(21-13-3)35(8)59(44(41)32-53-10)51-55-42(22-14-4)45(15-5)61-51/h11-32H,1,5H2,2-4,6-10H3/b20-12-,21-13-,22-14-,33-29+,34-30+,36-19+,39-27+. The number of rotatable bonds is 15. The van der Waals surface area contributed by atoms with Crippen LogP contribution in [0.5, 0.6) is 0 Å². The average Bonchev–Trinajstić information content (AvgIpc) is 3.96. The van der Waals surface area contributed by atoms with Gasteiger partial charge in [0.1, 0.15) is 0 Å². The Balaban J connectivity index is 1.42. The molecule has 0 aliphatic carbocycles. The summed E-state index contributed by atoms with van der Waals surface area (Å²) in [4.78, 5) is 26.1. The predicted molar refractivity (Wildman–Crippen MR) is 272 cm³/mol. The van der Waals surface area contributed by atoms with Crippen molar-refractivity contribution in [3.8, 4) is 27.9 Å². The first-order chi connectivity index (χ1) is 29.7. The van der Waals surface area contributed by atoms with E-state index in [1.807, 2.05) is 94.4 Å². The zero-order chi connectivity index (χ0) is 43.5. The van der Waals surface area contributed by atoms with Crippen LogP contribution in [-0.2, 0) is 0 Å². The number of allylic oxidation sites excluding steroid dienone is 12. The van der Waals surface area contributed by atoms with Gasteiger partial charge < -0.3 is 0 Å². The van der Waals surface area contributed by atoms with Crippen molar-refractivity contribution in [3.05, 3.63) is 165 Å². The van der Waals surface area contributed by atoms with E-state index in [1.54, 1.807) is 28.7 Å². The molecule has 0 aliphatic heterocycles. The fourth-order valence-corrected chi connectivity index (χ4v) is 8.72. The van der Waals surface area contributed by atoms with Crippen LogP contribution in [-0.4, -0.2) is 55.3 Å². The normalized spacial score (nSPS) is 13.2. The molecule has 0 fully saturated rings. The summed E-state index contributed by atoms with van der Waals surface area (Å²) in [6.45, 7) is 28.7. The molecule has 0 aliphatic rings. The molecule has 0 bridgehead atoms. The number of thiazole rings is 2. The molecule has 0 N–H and O–H groups in total. The molecule has 0 saturated heterocycles. The predicted octanol–water partition coefficient (Wildman–Crippen LogP) is 13.1. The van der Waals surface area contributed by atoms with Crippen LogP contribution in [0, 0.1) is 6.92 Å². The van der Waals surface area contributed by atoms with Crippen LogP contribution in [0.15, 0.2) is 121 Å². The number of benzene rings is 2. The molecule has 0 unspecified atom stereocenters. The minimum absolute atomic E-state index is 0.576. The van der Waals surface area contributed by atoms with Crippen LogP contribution >= 0.6 is 22.7 Å². The van der Waals surface area contributed by atoms with Crippen LogP contribution in [0.4, 0.5) is 0 Å². The summed E-state index contributed by atoms with van der Waals surface area (Å²) in [5, 5.41) is 1.84. The van der Waals surface area contributed by atoms with Crippen molar-refractivity contribution < 1.29 is 0 Å². The molecule has 0 amide bonds. The van der Waals surface area contributed by atoms with Gasteiger partial charge in [-0.3, -0.25) is 0 Å². The second kappa shape index (κ2) is 20.8. The summed E-state index contributed by atoms with van der Waals surface area (Å²) in [5.74, 6) is 6.00. The Labute approximate surface area is 370 Å². The molecule has 0 saturated carbocycles. The van der Waals surface area contributed by atoms with Crippen molar-refractivity contribution in [2.24, 2.45) is 0 Å². The fraction of sp³-hybridized carbons (Fsp3) is 0.157. The van der Waals surface area contributed by atoms with E-state index in [9.17, 15) is 0 Å². The van der Waals surface area contributed by atoms with Gasteiger partial charge in [0, 0.05) is 0 Å². The SMILES string of the molecule is C=C/C=C(\C=C/C)c1nc(-c2ccccc2)nc(-c2ccc3sc(C(/C=C(C)/C(C)=C/c4c(/C=C\C)c(C)n(-c5nc(/C=C\C)c(C=C)s5)c4/C=B\C)=C/C=B\C)nc3c2)n1. The van der Waals surface area contributed by atoms with Crippen LogP contribution in [0.3, 0.4) is 0 Å². The maximum absolute atomic E-state index is 5.21. The van der Waals surface area contributed by atoms with Gasteiger partial charge in [0.25, 0.3) is 0 Å². The zero-order valence-electron chi connectivity index (χ0n) is 36.3. The van der Waals surface area contributed by atoms with Gasteiger partial charge in [-0.15, -0.1) is 0 Å². The van der Waals surface area contributed by atoms with E-state index >= 15 is 0 Å². The zero-order valence-corrected chi connectivity index (χ0v) is 37.9. The minimum atomic E-state index is 0.576. The summed E-state index contributed by atoms with van der Waals surface area (Å²) in [7, 11) is 0. The van der Waals surface area contributed by atoms with E-state index in [2.05, 4.69) is 120 Å². The first kappa shape index (κ1) is 44.3. The second-order valence-corrected chi connectivity index (χ2v) is 16.2. The summed E-state index contributed by atoms with van der Waals surface area (Å²) in [6, 6.07) is 16.2. The van der Waals surface area contributed by atoms with Crippen LogP contribution in [0.25, 0.3) is 73.6 Å². The third-order valence-electron chi connectivity index (χ3n) is 9.85. The molecule has 0 spiro atoms. The average molecular weight is 833 g/mol. The van der Waals surface area contributed by atoms with Crippen molar-refractivity contribution in [2.75, 3.05) is 0 Å². The molecular formula is C51H50B2N6S2. The summed E-state index contributed by atoms with van der Waals surface area (Å²) >= 11 is 3.32. The van der Waals surface area contributed by atoms with Crippen LogP contribution < -0.4 is 0 Å². The van der Waals surface area contributed by atoms with Crippen molar-refractivity contribution in [2.45, 2.75) is 55.2 Å². The van der Waals surface area contributed by atoms with Gasteiger partial charge in [0.15, 0.2) is 0 Å². The Morgan fingerprint density at radius 1 is 0.754 bits per heavy atom. The summed E-state index contributed by atoms with van der Waals surface area (Å²) < 4.78 is 3.34. The van der Waals surface area contributed by atoms with Crippen LogP contribution in [0.2, 0.25) is 13.6 Å². The topological polar surface area (TPSA) is 69.4 Å². The van der Waals surface area contributed by atoms with E-state index in [0.717, 1.165) is 86.9 Å². The molecule has 4 aromatic heterocycles. The quantitative estimate of drug-likeness (QED) is 0.0761. The number of fused-ring (bicyclic) bond motifs is 1. The number of hydrogen-bond donors (Lipinski definition) is 0. The third-order valence-corrected chi connectivity index (χ3v) is 12.0. The van der Waals surface area contributed by atoms with Crippen molar-refractivity contribution in [1.82, 2.24) is 29.5 Å². The molecule has 10 heteroatoms. The first-order valence-corrected chi connectivity index (χ1v) is 22.0. The van der Waals surface area contributed by atoms with Crippen molar-refractivity contribution >= 4 is 94.1 Å². The van der Waals surface area contributed by atoms with E-state index in [1.165, 1.54) is 0 Å².